The van der Waals surface area contributed by atoms with E-state index in [1.807, 2.05) is 6.07 Å². The molecule has 3 nitrogen and oxygen atoms in total. The second kappa shape index (κ2) is 8.28. The Kier molecular flexibility index (Phi) is 6.34. The van der Waals surface area contributed by atoms with E-state index in [0.717, 1.165) is 31.2 Å². The van der Waals surface area contributed by atoms with Crippen molar-refractivity contribution in [2.24, 2.45) is 11.7 Å². The van der Waals surface area contributed by atoms with Crippen molar-refractivity contribution in [2.45, 2.75) is 45.1 Å². The number of hydrogen-bond acceptors (Lipinski definition) is 3. The third kappa shape index (κ3) is 4.50. The summed E-state index contributed by atoms with van der Waals surface area (Å²) in [6, 6.07) is 8.55. The first-order valence-electron chi connectivity index (χ1n) is 7.99. The molecule has 3 heteroatoms. The number of benzene rings is 1. The molecule has 1 aromatic rings. The Labute approximate surface area is 122 Å². The first-order chi connectivity index (χ1) is 9.83. The molecule has 1 aliphatic rings. The first kappa shape index (κ1) is 15.3. The highest BCUT2D eigenvalue weighted by molar-refractivity contribution is 5.30. The topological polar surface area (TPSA) is 47.3 Å². The highest BCUT2D eigenvalue weighted by atomic mass is 16.5. The molecule has 112 valence electrons. The summed E-state index contributed by atoms with van der Waals surface area (Å²) in [5, 5.41) is 3.59. The Bertz CT molecular complexity index is 390. The first-order valence-corrected chi connectivity index (χ1v) is 7.99. The van der Waals surface area contributed by atoms with Crippen LogP contribution < -0.4 is 15.8 Å². The van der Waals surface area contributed by atoms with Gasteiger partial charge >= 0.3 is 0 Å². The van der Waals surface area contributed by atoms with Crippen molar-refractivity contribution in [1.82, 2.24) is 5.32 Å². The maximum absolute atomic E-state index is 5.92. The van der Waals surface area contributed by atoms with Gasteiger partial charge in [-0.05, 0) is 43.0 Å². The molecule has 0 aromatic heterocycles. The zero-order valence-corrected chi connectivity index (χ0v) is 12.6. The molecule has 1 aromatic carbocycles. The highest BCUT2D eigenvalue weighted by Crippen LogP contribution is 2.29. The van der Waals surface area contributed by atoms with Crippen LogP contribution in [-0.2, 0) is 0 Å². The van der Waals surface area contributed by atoms with Crippen LogP contribution in [0.4, 0.5) is 0 Å². The normalized spacial score (nSPS) is 16.7. The van der Waals surface area contributed by atoms with Gasteiger partial charge in [0, 0.05) is 12.6 Å². The maximum atomic E-state index is 5.92. The lowest BCUT2D eigenvalue weighted by atomic mass is 9.83. The fourth-order valence-electron chi connectivity index (χ4n) is 2.62. The van der Waals surface area contributed by atoms with Gasteiger partial charge in [-0.15, -0.1) is 0 Å². The van der Waals surface area contributed by atoms with Gasteiger partial charge in [0.15, 0.2) is 0 Å². The second-order valence-corrected chi connectivity index (χ2v) is 5.75. The van der Waals surface area contributed by atoms with E-state index in [9.17, 15) is 0 Å². The Morgan fingerprint density at radius 3 is 2.90 bits per heavy atom. The number of nitrogens with two attached hydrogens (primary N) is 1. The van der Waals surface area contributed by atoms with Gasteiger partial charge in [0.05, 0.1) is 6.61 Å². The number of ether oxygens (including phenoxy) is 1. The van der Waals surface area contributed by atoms with E-state index in [0.29, 0.717) is 6.54 Å². The van der Waals surface area contributed by atoms with E-state index in [2.05, 4.69) is 30.4 Å². The molecule has 0 heterocycles. The molecule has 3 N–H and O–H groups in total. The fraction of sp³-hybridized carbons (Fsp3) is 0.647. The average Bonchev–Trinajstić information content (AvgIpc) is 2.43. The molecule has 2 rings (SSSR count). The Hall–Kier alpha value is -1.06. The smallest absolute Gasteiger partial charge is 0.119 e. The molecule has 0 bridgehead atoms. The Morgan fingerprint density at radius 2 is 2.25 bits per heavy atom. The van der Waals surface area contributed by atoms with Crippen LogP contribution in [0.3, 0.4) is 0 Å². The predicted octanol–water partition coefficient (Wildman–Crippen LogP) is 3.26. The van der Waals surface area contributed by atoms with Gasteiger partial charge in [-0.2, -0.15) is 0 Å². The molecule has 0 amide bonds. The van der Waals surface area contributed by atoms with Crippen LogP contribution in [-0.4, -0.2) is 19.7 Å². The molecule has 0 aliphatic heterocycles. The summed E-state index contributed by atoms with van der Waals surface area (Å²) in [6.07, 6.45) is 6.55. The Morgan fingerprint density at radius 1 is 1.40 bits per heavy atom. The molecule has 1 saturated carbocycles. The minimum Gasteiger partial charge on any atom is -0.494 e. The van der Waals surface area contributed by atoms with Crippen molar-refractivity contribution < 1.29 is 4.74 Å². The molecular weight excluding hydrogens is 248 g/mol. The summed E-state index contributed by atoms with van der Waals surface area (Å²) < 4.78 is 5.69. The standard InChI is InChI=1S/C17H28N2O/c1-2-11-20-16-8-4-7-15(12-16)17(13-18)19-10-9-14-5-3-6-14/h4,7-8,12,14,17,19H,2-3,5-6,9-11,13,18H2,1H3. The summed E-state index contributed by atoms with van der Waals surface area (Å²) in [4.78, 5) is 0. The zero-order valence-electron chi connectivity index (χ0n) is 12.6. The van der Waals surface area contributed by atoms with Crippen molar-refractivity contribution in [3.8, 4) is 5.75 Å². The minimum absolute atomic E-state index is 0.236. The lowest BCUT2D eigenvalue weighted by Crippen LogP contribution is -2.30. The predicted molar refractivity (Wildman–Crippen MR) is 84.0 cm³/mol. The van der Waals surface area contributed by atoms with Gasteiger partial charge in [0.2, 0.25) is 0 Å². The van der Waals surface area contributed by atoms with Crippen molar-refractivity contribution in [3.05, 3.63) is 29.8 Å². The van der Waals surface area contributed by atoms with Gasteiger partial charge in [0.1, 0.15) is 5.75 Å². The van der Waals surface area contributed by atoms with Gasteiger partial charge in [-0.3, -0.25) is 0 Å². The molecule has 1 unspecified atom stereocenters. The van der Waals surface area contributed by atoms with E-state index in [1.54, 1.807) is 0 Å². The maximum Gasteiger partial charge on any atom is 0.119 e. The lowest BCUT2D eigenvalue weighted by Gasteiger charge is -2.26. The average molecular weight is 276 g/mol. The van der Waals surface area contributed by atoms with Crippen molar-refractivity contribution in [3.63, 3.8) is 0 Å². The van der Waals surface area contributed by atoms with Crippen molar-refractivity contribution >= 4 is 0 Å². The fourth-order valence-corrected chi connectivity index (χ4v) is 2.62. The molecule has 0 spiro atoms. The van der Waals surface area contributed by atoms with Crippen LogP contribution in [0.5, 0.6) is 5.75 Å². The van der Waals surface area contributed by atoms with Gasteiger partial charge in [0.25, 0.3) is 0 Å². The molecule has 1 fully saturated rings. The quantitative estimate of drug-likeness (QED) is 0.728. The second-order valence-electron chi connectivity index (χ2n) is 5.75. The Balaban J connectivity index is 1.84. The minimum atomic E-state index is 0.236. The van der Waals surface area contributed by atoms with E-state index >= 15 is 0 Å². The van der Waals surface area contributed by atoms with Crippen LogP contribution in [0.2, 0.25) is 0 Å². The van der Waals surface area contributed by atoms with Crippen LogP contribution in [0.25, 0.3) is 0 Å². The molecule has 0 saturated heterocycles. The highest BCUT2D eigenvalue weighted by Gasteiger charge is 2.17. The zero-order chi connectivity index (χ0) is 14.2. The van der Waals surface area contributed by atoms with Crippen LogP contribution in [0.15, 0.2) is 24.3 Å². The summed E-state index contributed by atoms with van der Waals surface area (Å²) in [7, 11) is 0. The number of rotatable bonds is 9. The summed E-state index contributed by atoms with van der Waals surface area (Å²) in [5.41, 5.74) is 7.15. The van der Waals surface area contributed by atoms with Crippen LogP contribution in [0, 0.1) is 5.92 Å². The van der Waals surface area contributed by atoms with Gasteiger partial charge < -0.3 is 15.8 Å². The van der Waals surface area contributed by atoms with Crippen molar-refractivity contribution in [2.75, 3.05) is 19.7 Å². The third-order valence-electron chi connectivity index (χ3n) is 4.14. The summed E-state index contributed by atoms with van der Waals surface area (Å²) >= 11 is 0. The molecule has 0 radical (unpaired) electrons. The van der Waals surface area contributed by atoms with Crippen LogP contribution in [0.1, 0.15) is 50.6 Å². The van der Waals surface area contributed by atoms with Gasteiger partial charge in [-0.25, -0.2) is 0 Å². The molecule has 1 atom stereocenters. The largest absolute Gasteiger partial charge is 0.494 e. The van der Waals surface area contributed by atoms with E-state index < -0.39 is 0 Å². The monoisotopic (exact) mass is 276 g/mol. The lowest BCUT2D eigenvalue weighted by molar-refractivity contribution is 0.287. The number of hydrogen-bond donors (Lipinski definition) is 2. The van der Waals surface area contributed by atoms with Gasteiger partial charge in [-0.1, -0.05) is 38.3 Å². The molecule has 1 aliphatic carbocycles. The summed E-state index contributed by atoms with van der Waals surface area (Å²) in [5.74, 6) is 1.89. The molecular formula is C17H28N2O. The van der Waals surface area contributed by atoms with Crippen molar-refractivity contribution in [1.29, 1.82) is 0 Å². The third-order valence-corrected chi connectivity index (χ3v) is 4.14. The van der Waals surface area contributed by atoms with E-state index in [1.165, 1.54) is 31.2 Å². The van der Waals surface area contributed by atoms with E-state index in [-0.39, 0.29) is 6.04 Å². The summed E-state index contributed by atoms with van der Waals surface area (Å²) in [6.45, 7) is 4.58. The van der Waals surface area contributed by atoms with E-state index in [4.69, 9.17) is 10.5 Å². The molecule has 20 heavy (non-hydrogen) atoms. The SMILES string of the molecule is CCCOc1cccc(C(CN)NCCC2CCC2)c1. The van der Waals surface area contributed by atoms with Crippen LogP contribution >= 0.6 is 0 Å². The number of nitrogens with one attached hydrogen (secondary N) is 1.